The number of likely N-dealkylation sites (tertiary alicyclic amines) is 1. The molecule has 1 aliphatic rings. The summed E-state index contributed by atoms with van der Waals surface area (Å²) < 4.78 is 0. The van der Waals surface area contributed by atoms with E-state index in [1.165, 1.54) is 4.90 Å². The van der Waals surface area contributed by atoms with Gasteiger partial charge >= 0.3 is 0 Å². The molecule has 5 nitrogen and oxygen atoms in total. The first-order valence-electron chi connectivity index (χ1n) is 6.05. The maximum atomic E-state index is 12.0. The van der Waals surface area contributed by atoms with Gasteiger partial charge in [0.25, 0.3) is 0 Å². The van der Waals surface area contributed by atoms with E-state index in [9.17, 15) is 15.0 Å². The largest absolute Gasteiger partial charge is 0.388 e. The fourth-order valence-corrected chi connectivity index (χ4v) is 2.17. The molecule has 1 saturated heterocycles. The quantitative estimate of drug-likeness (QED) is 0.673. The van der Waals surface area contributed by atoms with Crippen LogP contribution >= 0.6 is 0 Å². The first kappa shape index (κ1) is 13.0. The molecule has 18 heavy (non-hydrogen) atoms. The Kier molecular flexibility index (Phi) is 3.96. The number of hydrogen-bond donors (Lipinski definition) is 3. The zero-order chi connectivity index (χ0) is 13.1. The van der Waals surface area contributed by atoms with Crippen LogP contribution in [0.3, 0.4) is 0 Å². The third kappa shape index (κ3) is 2.69. The Morgan fingerprint density at radius 2 is 2.06 bits per heavy atom. The van der Waals surface area contributed by atoms with Crippen LogP contribution in [0.5, 0.6) is 0 Å². The van der Waals surface area contributed by atoms with Crippen molar-refractivity contribution < 1.29 is 15.0 Å². The van der Waals surface area contributed by atoms with Gasteiger partial charge in [-0.1, -0.05) is 30.3 Å². The Bertz CT molecular complexity index is 410. The molecule has 1 aromatic carbocycles. The second kappa shape index (κ2) is 5.48. The molecule has 4 N–H and O–H groups in total. The van der Waals surface area contributed by atoms with Crippen molar-refractivity contribution in [3.8, 4) is 0 Å². The topological polar surface area (TPSA) is 86.8 Å². The molecule has 1 amide bonds. The monoisotopic (exact) mass is 250 g/mol. The van der Waals surface area contributed by atoms with Gasteiger partial charge in [-0.15, -0.1) is 0 Å². The second-order valence-corrected chi connectivity index (χ2v) is 4.60. The predicted octanol–water partition coefficient (Wildman–Crippen LogP) is -0.532. The summed E-state index contributed by atoms with van der Waals surface area (Å²) >= 11 is 0. The molecular weight excluding hydrogens is 232 g/mol. The van der Waals surface area contributed by atoms with E-state index in [0.29, 0.717) is 19.4 Å². The second-order valence-electron chi connectivity index (χ2n) is 4.60. The Morgan fingerprint density at radius 1 is 1.39 bits per heavy atom. The van der Waals surface area contributed by atoms with Crippen molar-refractivity contribution in [1.29, 1.82) is 0 Å². The normalized spacial score (nSPS) is 25.2. The molecular formula is C13H18N2O3. The van der Waals surface area contributed by atoms with Crippen molar-refractivity contribution in [1.82, 2.24) is 4.90 Å². The third-order valence-corrected chi connectivity index (χ3v) is 3.23. The molecule has 1 unspecified atom stereocenters. The molecule has 3 atom stereocenters. The minimum atomic E-state index is -1.13. The predicted molar refractivity (Wildman–Crippen MR) is 66.5 cm³/mol. The first-order valence-corrected chi connectivity index (χ1v) is 6.05. The van der Waals surface area contributed by atoms with E-state index in [2.05, 4.69) is 0 Å². The number of carbonyl (C=O) groups excluding carboxylic acids is 1. The molecule has 0 bridgehead atoms. The Balaban J connectivity index is 1.97. The SMILES string of the molecule is N[C@@H](Cc1ccccc1)C(=O)N1CC[C@@H](O)C1O. The first-order chi connectivity index (χ1) is 8.59. The van der Waals surface area contributed by atoms with Crippen molar-refractivity contribution >= 4 is 5.91 Å². The number of aliphatic hydroxyl groups is 2. The number of aliphatic hydroxyl groups excluding tert-OH is 2. The lowest BCUT2D eigenvalue weighted by atomic mass is 10.1. The van der Waals surface area contributed by atoms with E-state index in [0.717, 1.165) is 5.56 Å². The third-order valence-electron chi connectivity index (χ3n) is 3.23. The highest BCUT2D eigenvalue weighted by Crippen LogP contribution is 2.17. The van der Waals surface area contributed by atoms with Gasteiger partial charge in [0.15, 0.2) is 6.23 Å². The van der Waals surface area contributed by atoms with Gasteiger partial charge in [0.2, 0.25) is 5.91 Å². The van der Waals surface area contributed by atoms with E-state index >= 15 is 0 Å². The number of amides is 1. The van der Waals surface area contributed by atoms with E-state index in [1.807, 2.05) is 30.3 Å². The summed E-state index contributed by atoms with van der Waals surface area (Å²) in [5, 5.41) is 19.0. The van der Waals surface area contributed by atoms with Crippen LogP contribution in [-0.4, -0.2) is 45.9 Å². The lowest BCUT2D eigenvalue weighted by molar-refractivity contribution is -0.143. The lowest BCUT2D eigenvalue weighted by Crippen LogP contribution is -2.48. The minimum Gasteiger partial charge on any atom is -0.388 e. The molecule has 0 spiro atoms. The van der Waals surface area contributed by atoms with Crippen molar-refractivity contribution in [3.63, 3.8) is 0 Å². The summed E-state index contributed by atoms with van der Waals surface area (Å²) in [6, 6.07) is 8.80. The molecule has 0 saturated carbocycles. The van der Waals surface area contributed by atoms with Crippen LogP contribution in [0.15, 0.2) is 30.3 Å². The fourth-order valence-electron chi connectivity index (χ4n) is 2.17. The molecule has 1 fully saturated rings. The number of rotatable bonds is 3. The highest BCUT2D eigenvalue weighted by molar-refractivity contribution is 5.82. The van der Waals surface area contributed by atoms with Gasteiger partial charge in [-0.05, 0) is 18.4 Å². The van der Waals surface area contributed by atoms with E-state index < -0.39 is 18.4 Å². The summed E-state index contributed by atoms with van der Waals surface area (Å²) in [5.74, 6) is -0.317. The average Bonchev–Trinajstić information content (AvgIpc) is 2.70. The maximum Gasteiger partial charge on any atom is 0.241 e. The van der Waals surface area contributed by atoms with Gasteiger partial charge in [0.05, 0.1) is 6.04 Å². The van der Waals surface area contributed by atoms with Crippen LogP contribution < -0.4 is 5.73 Å². The molecule has 5 heteroatoms. The van der Waals surface area contributed by atoms with Crippen LogP contribution in [0.4, 0.5) is 0 Å². The van der Waals surface area contributed by atoms with Gasteiger partial charge in [-0.2, -0.15) is 0 Å². The van der Waals surface area contributed by atoms with Crippen molar-refractivity contribution in [3.05, 3.63) is 35.9 Å². The Hall–Kier alpha value is -1.43. The lowest BCUT2D eigenvalue weighted by Gasteiger charge is -2.24. The van der Waals surface area contributed by atoms with Crippen molar-refractivity contribution in [2.75, 3.05) is 6.54 Å². The molecule has 0 aliphatic carbocycles. The van der Waals surface area contributed by atoms with Gasteiger partial charge in [-0.25, -0.2) is 0 Å². The highest BCUT2D eigenvalue weighted by atomic mass is 16.3. The van der Waals surface area contributed by atoms with Crippen LogP contribution in [0, 0.1) is 0 Å². The van der Waals surface area contributed by atoms with Crippen LogP contribution in [-0.2, 0) is 11.2 Å². The average molecular weight is 250 g/mol. The van der Waals surface area contributed by atoms with Gasteiger partial charge in [0, 0.05) is 6.54 Å². The summed E-state index contributed by atoms with van der Waals surface area (Å²) in [7, 11) is 0. The zero-order valence-corrected chi connectivity index (χ0v) is 10.1. The van der Waals surface area contributed by atoms with E-state index in [4.69, 9.17) is 5.73 Å². The molecule has 1 heterocycles. The summed E-state index contributed by atoms with van der Waals surface area (Å²) in [6.45, 7) is 0.351. The zero-order valence-electron chi connectivity index (χ0n) is 10.1. The van der Waals surface area contributed by atoms with Gasteiger partial charge < -0.3 is 20.8 Å². The molecule has 1 aromatic rings. The Morgan fingerprint density at radius 3 is 2.61 bits per heavy atom. The summed E-state index contributed by atoms with van der Waals surface area (Å²) in [5.41, 5.74) is 6.83. The number of carbonyl (C=O) groups is 1. The number of nitrogens with zero attached hydrogens (tertiary/aromatic N) is 1. The minimum absolute atomic E-state index is 0.317. The van der Waals surface area contributed by atoms with Crippen LogP contribution in [0.1, 0.15) is 12.0 Å². The molecule has 0 radical (unpaired) electrons. The van der Waals surface area contributed by atoms with Gasteiger partial charge in [-0.3, -0.25) is 4.79 Å². The van der Waals surface area contributed by atoms with Crippen molar-refractivity contribution in [2.45, 2.75) is 31.2 Å². The number of hydrogen-bond acceptors (Lipinski definition) is 4. The maximum absolute atomic E-state index is 12.0. The molecule has 1 aliphatic heterocycles. The standard InChI is InChI=1S/C13H18N2O3/c14-10(8-9-4-2-1-3-5-9)12(17)15-7-6-11(16)13(15)18/h1-5,10-11,13,16,18H,6-8,14H2/t10-,11+,13?/m0/s1. The number of nitrogens with two attached hydrogens (primary N) is 1. The van der Waals surface area contributed by atoms with E-state index in [1.54, 1.807) is 0 Å². The summed E-state index contributed by atoms with van der Waals surface area (Å²) in [4.78, 5) is 13.3. The van der Waals surface area contributed by atoms with Gasteiger partial charge in [0.1, 0.15) is 6.10 Å². The molecule has 98 valence electrons. The highest BCUT2D eigenvalue weighted by Gasteiger charge is 2.36. The fraction of sp³-hybridized carbons (Fsp3) is 0.462. The Labute approximate surface area is 106 Å². The smallest absolute Gasteiger partial charge is 0.241 e. The van der Waals surface area contributed by atoms with Crippen LogP contribution in [0.25, 0.3) is 0 Å². The summed E-state index contributed by atoms with van der Waals surface area (Å²) in [6.07, 6.45) is -1.17. The van der Waals surface area contributed by atoms with Crippen molar-refractivity contribution in [2.24, 2.45) is 5.73 Å². The number of benzene rings is 1. The van der Waals surface area contributed by atoms with Crippen LogP contribution in [0.2, 0.25) is 0 Å². The molecule has 2 rings (SSSR count). The van der Waals surface area contributed by atoms with E-state index in [-0.39, 0.29) is 5.91 Å². The molecule has 0 aromatic heterocycles.